The van der Waals surface area contributed by atoms with Gasteiger partial charge >= 0.3 is 41.5 Å². The molecule has 129 heavy (non-hydrogen) atoms. The maximum Gasteiger partial charge on any atom is 1.00 e. The standard InChI is InChI=1S/C51H71N3O3.C38H52N4O3.C12H18O.C4H6O4.C2H3BO2.Na/c1-5-54(45-15-23-57-24-16-45)48-31-44(30-47(38(48)4)49(55)14-13-46-37(3)25-36(2)26-50(46)56)43-11-9-39(10-12-43)35-53-21-19-52(20-22-53)18-8-6-7-17-51-32-40-27-41(33-51)29-42(28-40)34-51;1-5-42(33-12-20-45-21-13-33)36-25-32(31-8-6-30(7-9-31)26-41-18-16-40(15-14-39)17-19-41)24-35(29(36)4)37(43)11-10-34-28(3)22-27(2)23-38(34)44;13-2-1-12-6-9-3-10(7-12)5-11(4-9)8-12;1-3(5)7-8-4(2)6;1-2(4)5-3;/h9-12,25,30-31,40-42,45H,5-8,13-24,26-29,32-35H2,1-4H3;6-9,22,24-25,33H,5,10-21,23,26,39H2,1-4H3;2,9-11H,1,3-8H2;1-2H3;1H3;/q;;;;-1;+1. The molecule has 0 aromatic heterocycles. The molecule has 2 N–H and O–H groups in total. The van der Waals surface area contributed by atoms with E-state index in [0.29, 0.717) is 56.0 Å². The summed E-state index contributed by atoms with van der Waals surface area (Å²) in [5.74, 6) is 5.01. The molecule has 3 radical (unpaired) electrons. The summed E-state index contributed by atoms with van der Waals surface area (Å²) in [7, 11) is 4.32. The normalized spacial score (nSPS) is 24.5. The predicted molar refractivity (Wildman–Crippen MR) is 510 cm³/mol. The summed E-state index contributed by atoms with van der Waals surface area (Å²) in [6, 6.07) is 27.5. The quantitative estimate of drug-likeness (QED) is 0.0128. The zero-order valence-corrected chi connectivity index (χ0v) is 82.5. The van der Waals surface area contributed by atoms with Crippen molar-refractivity contribution in [3.05, 3.63) is 152 Å². The van der Waals surface area contributed by atoms with Crippen LogP contribution in [0.2, 0.25) is 0 Å². The van der Waals surface area contributed by atoms with E-state index in [0.717, 1.165) is 281 Å². The molecule has 12 fully saturated rings. The van der Waals surface area contributed by atoms with E-state index < -0.39 is 17.9 Å². The average molecular weight is 1780 g/mol. The zero-order chi connectivity index (χ0) is 91.2. The van der Waals surface area contributed by atoms with Crippen molar-refractivity contribution < 1.29 is 91.8 Å². The molecule has 695 valence electrons. The molecule has 4 aromatic rings. The van der Waals surface area contributed by atoms with Crippen molar-refractivity contribution in [2.45, 2.75) is 275 Å². The maximum absolute atomic E-state index is 14.1. The molecular weight excluding hydrogens is 1630 g/mol. The second-order valence-corrected chi connectivity index (χ2v) is 40.1. The van der Waals surface area contributed by atoms with Gasteiger partial charge in [0, 0.05) is 206 Å². The van der Waals surface area contributed by atoms with E-state index in [2.05, 4.69) is 165 Å². The number of ether oxygens (including phenoxy) is 2. The number of ketones is 4. The number of carbonyl (C=O) groups excluding carboxylic acids is 8. The van der Waals surface area contributed by atoms with Gasteiger partial charge in [-0.3, -0.25) is 38.7 Å². The third kappa shape index (κ3) is 28.8. The van der Waals surface area contributed by atoms with E-state index in [1.54, 1.807) is 38.5 Å². The van der Waals surface area contributed by atoms with Crippen LogP contribution in [0.1, 0.15) is 279 Å². The minimum atomic E-state index is -0.639. The van der Waals surface area contributed by atoms with Crippen molar-refractivity contribution in [3.63, 3.8) is 0 Å². The van der Waals surface area contributed by atoms with E-state index >= 15 is 0 Å². The van der Waals surface area contributed by atoms with Gasteiger partial charge in [0.05, 0.1) is 0 Å². The molecule has 4 heterocycles. The third-order valence-corrected chi connectivity index (χ3v) is 30.3. The number of nitrogens with zero attached hydrogens (tertiary/aromatic N) is 6. The van der Waals surface area contributed by atoms with E-state index in [-0.39, 0.29) is 52.7 Å². The number of aldehydes is 1. The number of rotatable bonds is 30. The smallest absolute Gasteiger partial charge is 0.793 e. The van der Waals surface area contributed by atoms with Gasteiger partial charge in [0.1, 0.15) is 6.29 Å². The van der Waals surface area contributed by atoms with Crippen LogP contribution in [0.3, 0.4) is 0 Å². The van der Waals surface area contributed by atoms with E-state index in [1.807, 2.05) is 27.7 Å². The van der Waals surface area contributed by atoms with E-state index in [1.165, 1.54) is 108 Å². The summed E-state index contributed by atoms with van der Waals surface area (Å²) in [6.07, 6.45) is 36.4. The minimum Gasteiger partial charge on any atom is -0.793 e. The molecule has 14 aliphatic rings. The molecule has 4 aliphatic heterocycles. The van der Waals surface area contributed by atoms with Crippen LogP contribution in [0.5, 0.6) is 0 Å². The maximum atomic E-state index is 14.1. The Bertz CT molecular complexity index is 4520. The SMILES string of the molecule is CC(=O)OOC(C)=O.CCN(c1cc(-c2ccc(CN3CCN(CCCCCC45CC6CC(CC(C6)C4)C5)CC3)cc2)cc(C(=O)CCC2=C(C)C=C(C)CC2=O)c1C)C1CCOCC1.CCN(c1cc(-c2ccc(CN3CCN(CCN)CC3)cc2)cc(C(=O)CCC2=C(C)C=C(C)CC2=O)c1C)C1CCOCC1.O=CCC12CC3CC(CC(C3)C1)C2.[B-]OC(C)=O.[Na+]. The van der Waals surface area contributed by atoms with Crippen LogP contribution in [0.4, 0.5) is 11.4 Å². The summed E-state index contributed by atoms with van der Waals surface area (Å²) < 4.78 is 15.0. The number of carbonyl (C=O) groups is 8. The monoisotopic (exact) mass is 1780 g/mol. The van der Waals surface area contributed by atoms with Crippen LogP contribution >= 0.6 is 0 Å². The number of hydrogen-bond donors (Lipinski definition) is 1. The molecule has 18 rings (SSSR count). The summed E-state index contributed by atoms with van der Waals surface area (Å²) >= 11 is 0. The predicted octanol–water partition coefficient (Wildman–Crippen LogP) is 16.2. The Hall–Kier alpha value is -7.02. The van der Waals surface area contributed by atoms with Gasteiger partial charge in [0.15, 0.2) is 23.1 Å². The van der Waals surface area contributed by atoms with Gasteiger partial charge in [-0.25, -0.2) is 19.4 Å². The van der Waals surface area contributed by atoms with Crippen molar-refractivity contribution in [2.75, 3.05) is 121 Å². The van der Waals surface area contributed by atoms with Crippen LogP contribution in [-0.2, 0) is 65.8 Å². The van der Waals surface area contributed by atoms with Gasteiger partial charge in [-0.2, -0.15) is 0 Å². The Morgan fingerprint density at radius 1 is 0.488 bits per heavy atom. The van der Waals surface area contributed by atoms with E-state index in [4.69, 9.17) is 15.2 Å². The summed E-state index contributed by atoms with van der Waals surface area (Å²) in [5.41, 5.74) is 25.8. The fourth-order valence-corrected chi connectivity index (χ4v) is 24.8. The first-order valence-electron chi connectivity index (χ1n) is 48.9. The molecule has 4 aromatic carbocycles. The zero-order valence-electron chi connectivity index (χ0n) is 80.5. The number of Topliss-reactive ketones (excluding diaryl/α,β-unsaturated/α-hetero) is 4. The van der Waals surface area contributed by atoms with Crippen LogP contribution in [-0.4, -0.2) is 199 Å². The van der Waals surface area contributed by atoms with Gasteiger partial charge < -0.3 is 47.4 Å². The Labute approximate surface area is 794 Å². The molecule has 0 amide bonds. The van der Waals surface area contributed by atoms with Crippen LogP contribution in [0.15, 0.2) is 118 Å². The van der Waals surface area contributed by atoms with Gasteiger partial charge in [-0.15, -0.1) is 0 Å². The number of benzene rings is 4. The first-order chi connectivity index (χ1) is 61.6. The largest absolute Gasteiger partial charge is 1.00 e. The number of piperazine rings is 2. The number of unbranched alkanes of at least 4 members (excludes halogenated alkanes) is 2. The van der Waals surface area contributed by atoms with E-state index in [9.17, 15) is 38.4 Å². The minimum absolute atomic E-state index is 0. The Morgan fingerprint density at radius 2 is 0.845 bits per heavy atom. The molecule has 20 nitrogen and oxygen atoms in total. The van der Waals surface area contributed by atoms with Crippen molar-refractivity contribution in [1.82, 2.24) is 19.6 Å². The Balaban J connectivity index is 0.000000196. The number of hydrogen-bond acceptors (Lipinski definition) is 20. The number of nitrogens with two attached hydrogens (primary N) is 1. The van der Waals surface area contributed by atoms with Crippen molar-refractivity contribution in [1.29, 1.82) is 0 Å². The fourth-order valence-electron chi connectivity index (χ4n) is 24.8. The summed E-state index contributed by atoms with van der Waals surface area (Å²) in [5, 5.41) is 0. The molecule has 0 spiro atoms. The summed E-state index contributed by atoms with van der Waals surface area (Å²) in [6.45, 7) is 38.8. The van der Waals surface area contributed by atoms with Crippen LogP contribution < -0.4 is 45.1 Å². The van der Waals surface area contributed by atoms with Gasteiger partial charge in [0.25, 0.3) is 0 Å². The van der Waals surface area contributed by atoms with Gasteiger partial charge in [-0.05, 0) is 328 Å². The van der Waals surface area contributed by atoms with Crippen LogP contribution in [0.25, 0.3) is 22.3 Å². The number of allylic oxidation sites excluding steroid dienone is 8. The fraction of sp³-hybridized carbons (Fsp3) is 0.626. The number of anilines is 2. The second kappa shape index (κ2) is 49.3. The third-order valence-electron chi connectivity index (χ3n) is 30.3. The first kappa shape index (κ1) is 102. The second-order valence-electron chi connectivity index (χ2n) is 40.1. The molecule has 8 bridgehead atoms. The molecular formula is C107H150BN7NaO13. The Morgan fingerprint density at radius 3 is 1.18 bits per heavy atom. The van der Waals surface area contributed by atoms with Gasteiger partial charge in [0.2, 0.25) is 5.97 Å². The molecule has 0 unspecified atom stereocenters. The average Bonchev–Trinajstić information content (AvgIpc) is 0.841. The summed E-state index contributed by atoms with van der Waals surface area (Å²) in [4.78, 5) is 116. The molecule has 0 atom stereocenters. The van der Waals surface area contributed by atoms with Gasteiger partial charge in [-0.1, -0.05) is 84.7 Å². The van der Waals surface area contributed by atoms with Crippen LogP contribution in [0, 0.1) is 60.2 Å². The molecule has 22 heteroatoms. The first-order valence-corrected chi connectivity index (χ1v) is 48.9. The Kier molecular flexibility index (Phi) is 39.2. The van der Waals surface area contributed by atoms with Crippen molar-refractivity contribution >= 4 is 66.8 Å². The van der Waals surface area contributed by atoms with Crippen molar-refractivity contribution in [3.8, 4) is 22.3 Å². The molecule has 4 saturated heterocycles. The van der Waals surface area contributed by atoms with Crippen molar-refractivity contribution in [2.24, 2.45) is 52.1 Å². The molecule has 10 aliphatic carbocycles. The topological polar surface area (TPSA) is 228 Å². The molecule has 8 saturated carbocycles.